The Hall–Kier alpha value is -0.690. The molecule has 5 heteroatoms. The van der Waals surface area contributed by atoms with Crippen LogP contribution >= 0.6 is 38.5 Å². The van der Waals surface area contributed by atoms with Crippen LogP contribution in [-0.2, 0) is 6.42 Å². The van der Waals surface area contributed by atoms with E-state index in [4.69, 9.17) is 0 Å². The molecule has 0 amide bonds. The molecule has 1 aromatic heterocycles. The molecule has 0 saturated carbocycles. The largest absolute Gasteiger partial charge is 0.369 e. The minimum absolute atomic E-state index is 0.748. The Labute approximate surface area is 141 Å². The Kier molecular flexibility index (Phi) is 5.77. The van der Waals surface area contributed by atoms with Crippen molar-refractivity contribution < 1.29 is 0 Å². The Bertz CT molecular complexity index is 602. The minimum atomic E-state index is 0.748. The average molecular weight is 446 g/mol. The van der Waals surface area contributed by atoms with Crippen LogP contribution in [0.25, 0.3) is 0 Å². The first-order valence-electron chi connectivity index (χ1n) is 6.61. The van der Waals surface area contributed by atoms with Gasteiger partial charge in [0.05, 0.1) is 9.26 Å². The highest BCUT2D eigenvalue weighted by Gasteiger charge is 2.09. The fourth-order valence-corrected chi connectivity index (χ4v) is 2.76. The molecule has 1 aromatic carbocycles. The predicted octanol–water partition coefficient (Wildman–Crippen LogP) is 4.56. The van der Waals surface area contributed by atoms with Gasteiger partial charge in [-0.05, 0) is 53.6 Å². The molecule has 0 aliphatic carbocycles. The van der Waals surface area contributed by atoms with Crippen LogP contribution in [0.4, 0.5) is 5.82 Å². The van der Waals surface area contributed by atoms with Gasteiger partial charge in [0.25, 0.3) is 0 Å². The fraction of sp³-hybridized carbons (Fsp3) is 0.333. The lowest BCUT2D eigenvalue weighted by molar-refractivity contribution is 0.909. The number of nitrogens with one attached hydrogen (secondary N) is 1. The molecule has 0 bridgehead atoms. The summed E-state index contributed by atoms with van der Waals surface area (Å²) in [5, 5.41) is 3.37. The number of halogens is 2. The zero-order valence-corrected chi connectivity index (χ0v) is 15.3. The van der Waals surface area contributed by atoms with E-state index in [2.05, 4.69) is 72.9 Å². The smallest absolute Gasteiger partial charge is 0.143 e. The number of nitrogens with zero attached hydrogens (tertiary/aromatic N) is 2. The van der Waals surface area contributed by atoms with Crippen molar-refractivity contribution in [3.05, 3.63) is 49.4 Å². The fourth-order valence-electron chi connectivity index (χ4n) is 1.89. The lowest BCUT2D eigenvalue weighted by Crippen LogP contribution is -2.09. The highest BCUT2D eigenvalue weighted by Crippen LogP contribution is 2.20. The third-order valence-corrected chi connectivity index (χ3v) is 4.64. The van der Waals surface area contributed by atoms with Gasteiger partial charge >= 0.3 is 0 Å². The van der Waals surface area contributed by atoms with Gasteiger partial charge in [-0.3, -0.25) is 0 Å². The summed E-state index contributed by atoms with van der Waals surface area (Å²) in [4.78, 5) is 9.24. The molecule has 0 fully saturated rings. The van der Waals surface area contributed by atoms with Crippen LogP contribution in [0.5, 0.6) is 0 Å². The molecule has 0 radical (unpaired) electrons. The van der Waals surface area contributed by atoms with E-state index in [1.165, 1.54) is 5.56 Å². The molecule has 0 saturated heterocycles. The molecular formula is C15H17BrIN3. The molecule has 0 atom stereocenters. The Balaban J connectivity index is 2.25. The zero-order valence-electron chi connectivity index (χ0n) is 11.6. The van der Waals surface area contributed by atoms with Gasteiger partial charge in [0.2, 0.25) is 0 Å². The quantitative estimate of drug-likeness (QED) is 0.685. The first-order valence-corrected chi connectivity index (χ1v) is 8.48. The van der Waals surface area contributed by atoms with Crippen molar-refractivity contribution in [3.8, 4) is 0 Å². The van der Waals surface area contributed by atoms with E-state index < -0.39 is 0 Å². The molecule has 3 nitrogen and oxygen atoms in total. The molecule has 2 aromatic rings. The summed E-state index contributed by atoms with van der Waals surface area (Å²) in [5.74, 6) is 1.81. The lowest BCUT2D eigenvalue weighted by Gasteiger charge is -2.11. The first-order chi connectivity index (χ1) is 9.60. The average Bonchev–Trinajstić information content (AvgIpc) is 2.41. The molecule has 0 aliphatic heterocycles. The summed E-state index contributed by atoms with van der Waals surface area (Å²) in [6, 6.07) is 8.27. The summed E-state index contributed by atoms with van der Waals surface area (Å²) >= 11 is 5.80. The van der Waals surface area contributed by atoms with Crippen LogP contribution in [0.2, 0.25) is 0 Å². The summed E-state index contributed by atoms with van der Waals surface area (Å²) < 4.78 is 2.19. The van der Waals surface area contributed by atoms with Gasteiger partial charge in [0.15, 0.2) is 0 Å². The van der Waals surface area contributed by atoms with Crippen LogP contribution in [0.15, 0.2) is 28.7 Å². The molecule has 1 heterocycles. The van der Waals surface area contributed by atoms with Crippen molar-refractivity contribution in [3.63, 3.8) is 0 Å². The number of benzene rings is 1. The zero-order chi connectivity index (χ0) is 14.5. The van der Waals surface area contributed by atoms with Gasteiger partial charge < -0.3 is 5.32 Å². The number of anilines is 1. The van der Waals surface area contributed by atoms with Crippen molar-refractivity contribution in [1.29, 1.82) is 0 Å². The second kappa shape index (κ2) is 7.36. The summed E-state index contributed by atoms with van der Waals surface area (Å²) in [7, 11) is 0. The maximum Gasteiger partial charge on any atom is 0.143 e. The van der Waals surface area contributed by atoms with Gasteiger partial charge in [0, 0.05) is 17.4 Å². The Morgan fingerprint density at radius 1 is 1.30 bits per heavy atom. The SMILES string of the molecule is CCCNc1nc(Cc2cccc(Br)c2)nc(C)c1I. The molecule has 2 rings (SSSR count). The monoisotopic (exact) mass is 445 g/mol. The minimum Gasteiger partial charge on any atom is -0.369 e. The third kappa shape index (κ3) is 4.15. The van der Waals surface area contributed by atoms with Crippen molar-refractivity contribution in [1.82, 2.24) is 9.97 Å². The van der Waals surface area contributed by atoms with Gasteiger partial charge in [-0.25, -0.2) is 9.97 Å². The summed E-state index contributed by atoms with van der Waals surface area (Å²) in [6.45, 7) is 5.12. The Morgan fingerprint density at radius 2 is 2.10 bits per heavy atom. The number of hydrogen-bond donors (Lipinski definition) is 1. The van der Waals surface area contributed by atoms with Crippen molar-refractivity contribution in [2.75, 3.05) is 11.9 Å². The van der Waals surface area contributed by atoms with E-state index in [1.807, 2.05) is 19.1 Å². The maximum atomic E-state index is 4.65. The highest BCUT2D eigenvalue weighted by molar-refractivity contribution is 14.1. The van der Waals surface area contributed by atoms with E-state index in [-0.39, 0.29) is 0 Å². The number of rotatable bonds is 5. The predicted molar refractivity (Wildman–Crippen MR) is 95.2 cm³/mol. The van der Waals surface area contributed by atoms with Crippen LogP contribution in [0.3, 0.4) is 0 Å². The van der Waals surface area contributed by atoms with Crippen molar-refractivity contribution in [2.24, 2.45) is 0 Å². The first kappa shape index (κ1) is 15.7. The molecule has 0 aliphatic rings. The van der Waals surface area contributed by atoms with Crippen molar-refractivity contribution >= 4 is 44.3 Å². The second-order valence-electron chi connectivity index (χ2n) is 4.62. The van der Waals surface area contributed by atoms with Gasteiger partial charge in [-0.1, -0.05) is 35.0 Å². The van der Waals surface area contributed by atoms with Crippen LogP contribution in [-0.4, -0.2) is 16.5 Å². The molecule has 106 valence electrons. The van der Waals surface area contributed by atoms with Gasteiger partial charge in [0.1, 0.15) is 11.6 Å². The van der Waals surface area contributed by atoms with E-state index in [0.717, 1.165) is 44.8 Å². The van der Waals surface area contributed by atoms with Crippen LogP contribution in [0.1, 0.15) is 30.4 Å². The maximum absolute atomic E-state index is 4.65. The van der Waals surface area contributed by atoms with E-state index >= 15 is 0 Å². The Morgan fingerprint density at radius 3 is 2.80 bits per heavy atom. The summed E-state index contributed by atoms with van der Waals surface area (Å²) in [6.07, 6.45) is 1.83. The molecular weight excluding hydrogens is 429 g/mol. The molecule has 20 heavy (non-hydrogen) atoms. The number of aryl methyl sites for hydroxylation is 1. The van der Waals surface area contributed by atoms with Gasteiger partial charge in [-0.2, -0.15) is 0 Å². The topological polar surface area (TPSA) is 37.8 Å². The number of aromatic nitrogens is 2. The van der Waals surface area contributed by atoms with Crippen LogP contribution < -0.4 is 5.32 Å². The normalized spacial score (nSPS) is 10.6. The van der Waals surface area contributed by atoms with E-state index in [0.29, 0.717) is 0 Å². The molecule has 1 N–H and O–H groups in total. The molecule has 0 spiro atoms. The van der Waals surface area contributed by atoms with Crippen molar-refractivity contribution in [2.45, 2.75) is 26.7 Å². The summed E-state index contributed by atoms with van der Waals surface area (Å²) in [5.41, 5.74) is 2.24. The molecule has 0 unspecified atom stereocenters. The second-order valence-corrected chi connectivity index (χ2v) is 6.62. The number of hydrogen-bond acceptors (Lipinski definition) is 3. The van der Waals surface area contributed by atoms with E-state index in [1.54, 1.807) is 0 Å². The highest BCUT2D eigenvalue weighted by atomic mass is 127. The standard InChI is InChI=1S/C15H17BrIN3/c1-3-7-18-15-14(17)10(2)19-13(20-15)9-11-5-4-6-12(16)8-11/h4-6,8H,3,7,9H2,1-2H3,(H,18,19,20). The third-order valence-electron chi connectivity index (χ3n) is 2.86. The van der Waals surface area contributed by atoms with Gasteiger partial charge in [-0.15, -0.1) is 0 Å². The van der Waals surface area contributed by atoms with Crippen LogP contribution in [0, 0.1) is 10.5 Å². The van der Waals surface area contributed by atoms with E-state index in [9.17, 15) is 0 Å². The lowest BCUT2D eigenvalue weighted by atomic mass is 10.1.